The molecule has 0 amide bonds. The second kappa shape index (κ2) is 5.71. The summed E-state index contributed by atoms with van der Waals surface area (Å²) in [5, 5.41) is 8.72. The Morgan fingerprint density at radius 2 is 1.90 bits per heavy atom. The van der Waals surface area contributed by atoms with Crippen molar-refractivity contribution < 1.29 is 22.7 Å². The lowest BCUT2D eigenvalue weighted by Gasteiger charge is -2.10. The molecule has 0 aromatic heterocycles. The molecule has 2 aromatic rings. The van der Waals surface area contributed by atoms with Crippen LogP contribution in [0.4, 0.5) is 10.1 Å². The predicted molar refractivity (Wildman–Crippen MR) is 75.6 cm³/mol. The van der Waals surface area contributed by atoms with Gasteiger partial charge in [-0.1, -0.05) is 17.7 Å². The standard InChI is InChI=1S/C13H9ClFNO4S/c14-11-5-4-9(15)7-12(11)21(19,20)16-10-3-1-2-8(6-10)13(17)18/h1-7,16H,(H,17,18). The van der Waals surface area contributed by atoms with E-state index in [0.29, 0.717) is 0 Å². The topological polar surface area (TPSA) is 83.5 Å². The zero-order chi connectivity index (χ0) is 15.6. The molecule has 0 aliphatic carbocycles. The van der Waals surface area contributed by atoms with Crippen molar-refractivity contribution in [1.82, 2.24) is 0 Å². The molecule has 0 saturated carbocycles. The summed E-state index contributed by atoms with van der Waals surface area (Å²) in [4.78, 5) is 10.4. The van der Waals surface area contributed by atoms with Crippen molar-refractivity contribution >= 4 is 33.3 Å². The molecule has 110 valence electrons. The average molecular weight is 330 g/mol. The van der Waals surface area contributed by atoms with Crippen molar-refractivity contribution in [2.45, 2.75) is 4.90 Å². The number of sulfonamides is 1. The summed E-state index contributed by atoms with van der Waals surface area (Å²) in [5.41, 5.74) is -0.0456. The van der Waals surface area contributed by atoms with E-state index < -0.39 is 26.7 Å². The second-order valence-electron chi connectivity index (χ2n) is 4.07. The van der Waals surface area contributed by atoms with Crippen LogP contribution in [-0.2, 0) is 10.0 Å². The van der Waals surface area contributed by atoms with Gasteiger partial charge in [-0.2, -0.15) is 0 Å². The zero-order valence-corrected chi connectivity index (χ0v) is 12.0. The number of benzene rings is 2. The SMILES string of the molecule is O=C(O)c1cccc(NS(=O)(=O)c2cc(F)ccc2Cl)c1. The Hall–Kier alpha value is -2.12. The fraction of sp³-hybridized carbons (Fsp3) is 0. The van der Waals surface area contributed by atoms with Gasteiger partial charge in [0.2, 0.25) is 0 Å². The monoisotopic (exact) mass is 329 g/mol. The molecule has 21 heavy (non-hydrogen) atoms. The number of anilines is 1. The van der Waals surface area contributed by atoms with E-state index in [4.69, 9.17) is 16.7 Å². The first-order chi connectivity index (χ1) is 9.79. The van der Waals surface area contributed by atoms with Crippen molar-refractivity contribution in [3.63, 3.8) is 0 Å². The first-order valence-corrected chi connectivity index (χ1v) is 7.47. The molecular weight excluding hydrogens is 321 g/mol. The molecule has 2 aromatic carbocycles. The maximum Gasteiger partial charge on any atom is 0.335 e. The molecular formula is C13H9ClFNO4S. The highest BCUT2D eigenvalue weighted by Crippen LogP contribution is 2.24. The number of carboxylic acids is 1. The van der Waals surface area contributed by atoms with Crippen molar-refractivity contribution in [1.29, 1.82) is 0 Å². The van der Waals surface area contributed by atoms with E-state index in [1.807, 2.05) is 0 Å². The molecule has 0 spiro atoms. The van der Waals surface area contributed by atoms with Gasteiger partial charge in [-0.3, -0.25) is 4.72 Å². The van der Waals surface area contributed by atoms with Crippen LogP contribution in [0.5, 0.6) is 0 Å². The molecule has 0 atom stereocenters. The summed E-state index contributed by atoms with van der Waals surface area (Å²) in [6, 6.07) is 8.16. The highest BCUT2D eigenvalue weighted by Gasteiger charge is 2.19. The Labute approximate surface area is 125 Å². The summed E-state index contributed by atoms with van der Waals surface area (Å²) in [7, 11) is -4.12. The number of hydrogen-bond acceptors (Lipinski definition) is 3. The first-order valence-electron chi connectivity index (χ1n) is 5.61. The lowest BCUT2D eigenvalue weighted by atomic mass is 10.2. The Bertz CT molecular complexity index is 808. The zero-order valence-electron chi connectivity index (χ0n) is 10.4. The Kier molecular flexibility index (Phi) is 4.15. The third-order valence-electron chi connectivity index (χ3n) is 2.54. The van der Waals surface area contributed by atoms with E-state index in [9.17, 15) is 17.6 Å². The van der Waals surface area contributed by atoms with Gasteiger partial charge >= 0.3 is 5.97 Å². The smallest absolute Gasteiger partial charge is 0.335 e. The molecule has 5 nitrogen and oxygen atoms in total. The number of carboxylic acid groups (broad SMARTS) is 1. The van der Waals surface area contributed by atoms with Crippen LogP contribution in [0, 0.1) is 5.82 Å². The van der Waals surface area contributed by atoms with Crippen LogP contribution in [0.2, 0.25) is 5.02 Å². The lowest BCUT2D eigenvalue weighted by molar-refractivity contribution is 0.0697. The summed E-state index contributed by atoms with van der Waals surface area (Å²) >= 11 is 5.75. The quantitative estimate of drug-likeness (QED) is 0.903. The van der Waals surface area contributed by atoms with Gasteiger partial charge in [0.05, 0.1) is 10.6 Å². The minimum absolute atomic E-state index is 0.0372. The Morgan fingerprint density at radius 3 is 2.57 bits per heavy atom. The molecule has 0 saturated heterocycles. The van der Waals surface area contributed by atoms with E-state index in [0.717, 1.165) is 24.3 Å². The number of halogens is 2. The van der Waals surface area contributed by atoms with Crippen LogP contribution >= 0.6 is 11.6 Å². The van der Waals surface area contributed by atoms with Crippen LogP contribution < -0.4 is 4.72 Å². The van der Waals surface area contributed by atoms with Crippen LogP contribution in [0.25, 0.3) is 0 Å². The van der Waals surface area contributed by atoms with E-state index >= 15 is 0 Å². The molecule has 0 radical (unpaired) electrons. The normalized spacial score (nSPS) is 11.1. The molecule has 0 unspecified atom stereocenters. The van der Waals surface area contributed by atoms with Crippen LogP contribution in [-0.4, -0.2) is 19.5 Å². The summed E-state index contributed by atoms with van der Waals surface area (Å²) < 4.78 is 39.6. The van der Waals surface area contributed by atoms with Gasteiger partial charge in [-0.25, -0.2) is 17.6 Å². The number of hydrogen-bond donors (Lipinski definition) is 2. The van der Waals surface area contributed by atoms with Gasteiger partial charge in [0.1, 0.15) is 10.7 Å². The fourth-order valence-corrected chi connectivity index (χ4v) is 3.17. The minimum atomic E-state index is -4.12. The van der Waals surface area contributed by atoms with Crippen molar-refractivity contribution in [2.24, 2.45) is 0 Å². The van der Waals surface area contributed by atoms with Gasteiger partial charge in [0.25, 0.3) is 10.0 Å². The van der Waals surface area contributed by atoms with Crippen LogP contribution in [0.3, 0.4) is 0 Å². The van der Waals surface area contributed by atoms with E-state index in [-0.39, 0.29) is 16.3 Å². The molecule has 8 heteroatoms. The maximum atomic E-state index is 13.2. The molecule has 0 fully saturated rings. The number of nitrogens with one attached hydrogen (secondary N) is 1. The van der Waals surface area contributed by atoms with Gasteiger partial charge in [-0.15, -0.1) is 0 Å². The van der Waals surface area contributed by atoms with Crippen molar-refractivity contribution in [3.05, 3.63) is 58.9 Å². The highest BCUT2D eigenvalue weighted by atomic mass is 35.5. The molecule has 2 N–H and O–H groups in total. The summed E-state index contributed by atoms with van der Waals surface area (Å²) in [5.74, 6) is -1.95. The Balaban J connectivity index is 2.40. The predicted octanol–water partition coefficient (Wildman–Crippen LogP) is 2.98. The van der Waals surface area contributed by atoms with E-state index in [1.165, 1.54) is 18.2 Å². The Morgan fingerprint density at radius 1 is 1.19 bits per heavy atom. The van der Waals surface area contributed by atoms with Gasteiger partial charge < -0.3 is 5.11 Å². The molecule has 0 aliphatic rings. The lowest BCUT2D eigenvalue weighted by Crippen LogP contribution is -2.14. The number of rotatable bonds is 4. The molecule has 0 bridgehead atoms. The minimum Gasteiger partial charge on any atom is -0.478 e. The number of carbonyl (C=O) groups is 1. The van der Waals surface area contributed by atoms with Gasteiger partial charge in [0, 0.05) is 5.69 Å². The van der Waals surface area contributed by atoms with E-state index in [1.54, 1.807) is 0 Å². The molecule has 0 aliphatic heterocycles. The highest BCUT2D eigenvalue weighted by molar-refractivity contribution is 7.92. The summed E-state index contributed by atoms with van der Waals surface area (Å²) in [6.07, 6.45) is 0. The molecule has 2 rings (SSSR count). The van der Waals surface area contributed by atoms with Gasteiger partial charge in [0.15, 0.2) is 0 Å². The van der Waals surface area contributed by atoms with Crippen LogP contribution in [0.1, 0.15) is 10.4 Å². The second-order valence-corrected chi connectivity index (χ2v) is 6.12. The number of aromatic carboxylic acids is 1. The fourth-order valence-electron chi connectivity index (χ4n) is 1.61. The maximum absolute atomic E-state index is 13.2. The van der Waals surface area contributed by atoms with E-state index in [2.05, 4.69) is 4.72 Å². The molecule has 0 heterocycles. The largest absolute Gasteiger partial charge is 0.478 e. The van der Waals surface area contributed by atoms with Crippen molar-refractivity contribution in [2.75, 3.05) is 4.72 Å². The first kappa shape index (κ1) is 15.3. The van der Waals surface area contributed by atoms with Gasteiger partial charge in [-0.05, 0) is 36.4 Å². The van der Waals surface area contributed by atoms with Crippen LogP contribution in [0.15, 0.2) is 47.4 Å². The third kappa shape index (κ3) is 3.50. The van der Waals surface area contributed by atoms with Crippen molar-refractivity contribution in [3.8, 4) is 0 Å². The third-order valence-corrected chi connectivity index (χ3v) is 4.41. The summed E-state index contributed by atoms with van der Waals surface area (Å²) in [6.45, 7) is 0. The average Bonchev–Trinajstić information content (AvgIpc) is 2.41.